The molecule has 0 N–H and O–H groups in total. The van der Waals surface area contributed by atoms with Crippen molar-refractivity contribution in [3.63, 3.8) is 0 Å². The molecule has 0 saturated carbocycles. The maximum atomic E-state index is 8.71. The molecule has 1 aromatic carbocycles. The molecular weight excluding hydrogens is 286 g/mol. The number of ether oxygens (including phenoxy) is 1. The lowest BCUT2D eigenvalue weighted by Crippen LogP contribution is -2.00. The molecule has 0 saturated heterocycles. The van der Waals surface area contributed by atoms with Gasteiger partial charge in [0.1, 0.15) is 23.2 Å². The van der Waals surface area contributed by atoms with E-state index < -0.39 is 0 Å². The summed E-state index contributed by atoms with van der Waals surface area (Å²) in [4.78, 5) is 8.46. The first-order chi connectivity index (χ1) is 10.3. The fourth-order valence-electron chi connectivity index (χ4n) is 1.91. The second-order valence-corrected chi connectivity index (χ2v) is 5.08. The van der Waals surface area contributed by atoms with Gasteiger partial charge in [0, 0.05) is 5.38 Å². The van der Waals surface area contributed by atoms with Crippen LogP contribution in [0.2, 0.25) is 0 Å². The van der Waals surface area contributed by atoms with Crippen LogP contribution in [-0.2, 0) is 6.54 Å². The average Bonchev–Trinajstić information content (AvgIpc) is 3.17. The Hall–Kier alpha value is -2.72. The van der Waals surface area contributed by atoms with Crippen molar-refractivity contribution in [3.05, 3.63) is 47.5 Å². The second-order valence-electron chi connectivity index (χ2n) is 4.22. The van der Waals surface area contributed by atoms with Crippen LogP contribution in [0.15, 0.2) is 36.0 Å². The number of aromatic nitrogens is 4. The quantitative estimate of drug-likeness (QED) is 0.738. The van der Waals surface area contributed by atoms with Gasteiger partial charge in [-0.3, -0.25) is 0 Å². The zero-order valence-electron chi connectivity index (χ0n) is 11.2. The molecule has 21 heavy (non-hydrogen) atoms. The third-order valence-corrected chi connectivity index (χ3v) is 3.77. The van der Waals surface area contributed by atoms with E-state index in [-0.39, 0.29) is 5.82 Å². The monoisotopic (exact) mass is 297 g/mol. The summed E-state index contributed by atoms with van der Waals surface area (Å²) in [5, 5.41) is 15.6. The standard InChI is InChI=1S/C14H11N5OS/c1-20-12-5-3-2-4-11(12)14-17-10(8-21-14)7-19-9-16-13(6-15)18-19/h2-5,8-9H,7H2,1H3. The topological polar surface area (TPSA) is 76.6 Å². The van der Waals surface area contributed by atoms with E-state index in [0.29, 0.717) is 6.54 Å². The molecule has 7 heteroatoms. The van der Waals surface area contributed by atoms with Crippen molar-refractivity contribution in [1.82, 2.24) is 19.7 Å². The SMILES string of the molecule is COc1ccccc1-c1nc(Cn2cnc(C#N)n2)cs1. The highest BCUT2D eigenvalue weighted by Gasteiger charge is 2.10. The van der Waals surface area contributed by atoms with Crippen LogP contribution in [0.5, 0.6) is 5.75 Å². The van der Waals surface area contributed by atoms with E-state index in [2.05, 4.69) is 15.1 Å². The lowest BCUT2D eigenvalue weighted by molar-refractivity contribution is 0.416. The summed E-state index contributed by atoms with van der Waals surface area (Å²) in [7, 11) is 1.65. The highest BCUT2D eigenvalue weighted by molar-refractivity contribution is 7.13. The predicted octanol–water partition coefficient (Wildman–Crippen LogP) is 2.33. The number of benzene rings is 1. The van der Waals surface area contributed by atoms with Gasteiger partial charge >= 0.3 is 0 Å². The van der Waals surface area contributed by atoms with E-state index in [1.165, 1.54) is 6.33 Å². The molecule has 0 aliphatic carbocycles. The minimum atomic E-state index is 0.162. The first-order valence-corrected chi connectivity index (χ1v) is 7.05. The predicted molar refractivity (Wildman–Crippen MR) is 77.9 cm³/mol. The summed E-state index contributed by atoms with van der Waals surface area (Å²) in [6.07, 6.45) is 1.53. The summed E-state index contributed by atoms with van der Waals surface area (Å²) >= 11 is 1.55. The number of methoxy groups -OCH3 is 1. The third-order valence-electron chi connectivity index (χ3n) is 2.85. The molecule has 3 aromatic rings. The molecule has 0 bridgehead atoms. The van der Waals surface area contributed by atoms with E-state index in [1.54, 1.807) is 23.1 Å². The maximum absolute atomic E-state index is 8.71. The minimum absolute atomic E-state index is 0.162. The van der Waals surface area contributed by atoms with Gasteiger partial charge in [-0.2, -0.15) is 5.26 Å². The van der Waals surface area contributed by atoms with E-state index in [4.69, 9.17) is 10.00 Å². The summed E-state index contributed by atoms with van der Waals surface area (Å²) in [5.74, 6) is 0.959. The molecule has 0 spiro atoms. The Morgan fingerprint density at radius 3 is 3.00 bits per heavy atom. The number of hydrogen-bond donors (Lipinski definition) is 0. The van der Waals surface area contributed by atoms with E-state index in [1.807, 2.05) is 35.7 Å². The zero-order chi connectivity index (χ0) is 14.7. The van der Waals surface area contributed by atoms with Crippen molar-refractivity contribution in [2.45, 2.75) is 6.54 Å². The second kappa shape index (κ2) is 5.73. The highest BCUT2D eigenvalue weighted by Crippen LogP contribution is 2.31. The molecule has 0 atom stereocenters. The Morgan fingerprint density at radius 1 is 1.38 bits per heavy atom. The van der Waals surface area contributed by atoms with Crippen molar-refractivity contribution in [1.29, 1.82) is 5.26 Å². The molecular formula is C14H11N5OS. The summed E-state index contributed by atoms with van der Waals surface area (Å²) in [5.41, 5.74) is 1.84. The molecule has 0 aliphatic rings. The van der Waals surface area contributed by atoms with E-state index in [9.17, 15) is 0 Å². The van der Waals surface area contributed by atoms with Crippen molar-refractivity contribution >= 4 is 11.3 Å². The number of para-hydroxylation sites is 1. The van der Waals surface area contributed by atoms with Crippen LogP contribution >= 0.6 is 11.3 Å². The van der Waals surface area contributed by atoms with Crippen molar-refractivity contribution in [2.75, 3.05) is 7.11 Å². The first-order valence-electron chi connectivity index (χ1n) is 6.17. The lowest BCUT2D eigenvalue weighted by Gasteiger charge is -2.04. The largest absolute Gasteiger partial charge is 0.496 e. The average molecular weight is 297 g/mol. The van der Waals surface area contributed by atoms with Crippen LogP contribution in [0.1, 0.15) is 11.5 Å². The van der Waals surface area contributed by atoms with Crippen molar-refractivity contribution < 1.29 is 4.74 Å². The van der Waals surface area contributed by atoms with Gasteiger partial charge in [-0.05, 0) is 12.1 Å². The maximum Gasteiger partial charge on any atom is 0.252 e. The number of thiazole rings is 1. The van der Waals surface area contributed by atoms with Crippen LogP contribution in [0.3, 0.4) is 0 Å². The van der Waals surface area contributed by atoms with Gasteiger partial charge in [0.05, 0.1) is 24.9 Å². The van der Waals surface area contributed by atoms with Crippen molar-refractivity contribution in [3.8, 4) is 22.4 Å². The molecule has 0 fully saturated rings. The molecule has 3 rings (SSSR count). The minimum Gasteiger partial charge on any atom is -0.496 e. The van der Waals surface area contributed by atoms with Crippen LogP contribution < -0.4 is 4.74 Å². The number of nitrogens with zero attached hydrogens (tertiary/aromatic N) is 5. The molecule has 104 valence electrons. The smallest absolute Gasteiger partial charge is 0.252 e. The van der Waals surface area contributed by atoms with Gasteiger partial charge in [-0.25, -0.2) is 14.6 Å². The van der Waals surface area contributed by atoms with E-state index in [0.717, 1.165) is 22.0 Å². The molecule has 2 aromatic heterocycles. The fourth-order valence-corrected chi connectivity index (χ4v) is 2.75. The summed E-state index contributed by atoms with van der Waals surface area (Å²) < 4.78 is 6.95. The van der Waals surface area contributed by atoms with Crippen LogP contribution in [-0.4, -0.2) is 26.9 Å². The Kier molecular flexibility index (Phi) is 3.62. The number of rotatable bonds is 4. The Morgan fingerprint density at radius 2 is 2.24 bits per heavy atom. The van der Waals surface area contributed by atoms with Gasteiger partial charge in [0.15, 0.2) is 0 Å². The van der Waals surface area contributed by atoms with Gasteiger partial charge in [-0.1, -0.05) is 12.1 Å². The molecule has 0 unspecified atom stereocenters. The Labute approximate surface area is 125 Å². The van der Waals surface area contributed by atoms with Crippen LogP contribution in [0.4, 0.5) is 0 Å². The molecule has 0 amide bonds. The van der Waals surface area contributed by atoms with Crippen molar-refractivity contribution in [2.24, 2.45) is 0 Å². The van der Waals surface area contributed by atoms with Gasteiger partial charge in [0.25, 0.3) is 5.82 Å². The molecule has 2 heterocycles. The summed E-state index contributed by atoms with van der Waals surface area (Å²) in [6, 6.07) is 9.67. The first kappa shape index (κ1) is 13.3. The molecule has 0 radical (unpaired) electrons. The fraction of sp³-hybridized carbons (Fsp3) is 0.143. The molecule has 6 nitrogen and oxygen atoms in total. The van der Waals surface area contributed by atoms with Crippen LogP contribution in [0.25, 0.3) is 10.6 Å². The summed E-state index contributed by atoms with van der Waals surface area (Å²) in [6.45, 7) is 0.486. The third kappa shape index (κ3) is 2.75. The molecule has 0 aliphatic heterocycles. The number of hydrogen-bond acceptors (Lipinski definition) is 6. The zero-order valence-corrected chi connectivity index (χ0v) is 12.0. The van der Waals surface area contributed by atoms with Gasteiger partial charge in [0.2, 0.25) is 0 Å². The highest BCUT2D eigenvalue weighted by atomic mass is 32.1. The Bertz CT molecular complexity index is 802. The Balaban J connectivity index is 1.85. The van der Waals surface area contributed by atoms with E-state index >= 15 is 0 Å². The van der Waals surface area contributed by atoms with Gasteiger partial charge < -0.3 is 4.74 Å². The number of nitriles is 1. The lowest BCUT2D eigenvalue weighted by atomic mass is 10.2. The van der Waals surface area contributed by atoms with Gasteiger partial charge in [-0.15, -0.1) is 16.4 Å². The normalized spacial score (nSPS) is 10.3. The van der Waals surface area contributed by atoms with Crippen LogP contribution in [0, 0.1) is 11.3 Å².